The first kappa shape index (κ1) is 15.7. The Kier molecular flexibility index (Phi) is 4.11. The summed E-state index contributed by atoms with van der Waals surface area (Å²) in [6.07, 6.45) is 0.702. The average molecular weight is 352 g/mol. The fourth-order valence-corrected chi connectivity index (χ4v) is 3.33. The number of carbonyl (C=O) groups excluding carboxylic acids is 1. The molecule has 3 aromatic rings. The van der Waals surface area contributed by atoms with Gasteiger partial charge in [-0.2, -0.15) is 0 Å². The highest BCUT2D eigenvalue weighted by atomic mass is 32.1. The lowest BCUT2D eigenvalue weighted by atomic mass is 10.1. The van der Waals surface area contributed by atoms with Crippen molar-refractivity contribution in [1.29, 1.82) is 0 Å². The molecule has 1 amide bonds. The first-order valence-corrected chi connectivity index (χ1v) is 8.82. The van der Waals surface area contributed by atoms with E-state index in [1.807, 2.05) is 54.8 Å². The van der Waals surface area contributed by atoms with Crippen LogP contribution in [0.4, 0.5) is 5.69 Å². The van der Waals surface area contributed by atoms with Gasteiger partial charge in [-0.3, -0.25) is 4.79 Å². The summed E-state index contributed by atoms with van der Waals surface area (Å²) >= 11 is 1.58. The first-order chi connectivity index (χ1) is 12.2. The van der Waals surface area contributed by atoms with Crippen LogP contribution in [0.5, 0.6) is 11.5 Å². The number of hydrogen-bond donors (Lipinski definition) is 1. The van der Waals surface area contributed by atoms with Crippen molar-refractivity contribution >= 4 is 22.9 Å². The van der Waals surface area contributed by atoms with Crippen molar-refractivity contribution < 1.29 is 14.3 Å². The van der Waals surface area contributed by atoms with Gasteiger partial charge in [0.05, 0.1) is 0 Å². The summed E-state index contributed by atoms with van der Waals surface area (Å²) in [6.45, 7) is 1.83. The predicted molar refractivity (Wildman–Crippen MR) is 97.1 cm³/mol. The van der Waals surface area contributed by atoms with Gasteiger partial charge < -0.3 is 14.8 Å². The van der Waals surface area contributed by atoms with Crippen molar-refractivity contribution in [2.45, 2.75) is 19.1 Å². The summed E-state index contributed by atoms with van der Waals surface area (Å²) in [5.41, 5.74) is 1.73. The topological polar surface area (TPSA) is 60.5 Å². The minimum atomic E-state index is -0.700. The van der Waals surface area contributed by atoms with Crippen LogP contribution in [0.25, 0.3) is 10.6 Å². The number of para-hydroxylation sites is 2. The molecule has 0 saturated heterocycles. The molecule has 5 nitrogen and oxygen atoms in total. The van der Waals surface area contributed by atoms with Gasteiger partial charge in [0.15, 0.2) is 11.5 Å². The van der Waals surface area contributed by atoms with Crippen LogP contribution in [0, 0.1) is 0 Å². The van der Waals surface area contributed by atoms with Crippen molar-refractivity contribution in [2.24, 2.45) is 0 Å². The fourth-order valence-electron chi connectivity index (χ4n) is 2.68. The summed E-state index contributed by atoms with van der Waals surface area (Å²) in [7, 11) is 0. The van der Waals surface area contributed by atoms with Crippen LogP contribution in [0.2, 0.25) is 0 Å². The van der Waals surface area contributed by atoms with Crippen LogP contribution in [0.3, 0.4) is 0 Å². The van der Waals surface area contributed by atoms with Gasteiger partial charge in [0.1, 0.15) is 11.1 Å². The Morgan fingerprint density at radius 1 is 1.08 bits per heavy atom. The molecule has 25 heavy (non-hydrogen) atoms. The maximum atomic E-state index is 12.6. The quantitative estimate of drug-likeness (QED) is 0.775. The molecule has 6 heteroatoms. The molecule has 1 aromatic heterocycles. The van der Waals surface area contributed by atoms with Crippen molar-refractivity contribution in [3.05, 3.63) is 60.1 Å². The molecule has 1 N–H and O–H groups in total. The Morgan fingerprint density at radius 3 is 2.48 bits per heavy atom. The summed E-state index contributed by atoms with van der Waals surface area (Å²) in [4.78, 5) is 16.9. The zero-order chi connectivity index (χ0) is 17.2. The normalized spacial score (nSPS) is 18.6. The molecular formula is C19H16N2O3S. The van der Waals surface area contributed by atoms with Gasteiger partial charge in [0.2, 0.25) is 6.10 Å². The van der Waals surface area contributed by atoms with E-state index in [0.717, 1.165) is 10.6 Å². The van der Waals surface area contributed by atoms with Gasteiger partial charge in [-0.15, -0.1) is 11.3 Å². The number of nitrogens with zero attached hydrogens (tertiary/aromatic N) is 1. The van der Waals surface area contributed by atoms with E-state index in [2.05, 4.69) is 10.3 Å². The second-order valence-corrected chi connectivity index (χ2v) is 6.61. The number of thiazole rings is 1. The molecule has 0 fully saturated rings. The monoisotopic (exact) mass is 352 g/mol. The van der Waals surface area contributed by atoms with E-state index in [4.69, 9.17) is 9.47 Å². The van der Waals surface area contributed by atoms with E-state index in [0.29, 0.717) is 17.2 Å². The Hall–Kier alpha value is -2.86. The summed E-state index contributed by atoms with van der Waals surface area (Å²) in [5, 5.41) is 5.77. The number of aromatic nitrogens is 1. The van der Waals surface area contributed by atoms with Crippen LogP contribution in [-0.2, 0) is 4.79 Å². The van der Waals surface area contributed by atoms with Crippen LogP contribution in [0.1, 0.15) is 6.92 Å². The van der Waals surface area contributed by atoms with E-state index in [1.165, 1.54) is 0 Å². The maximum absolute atomic E-state index is 12.6. The van der Waals surface area contributed by atoms with Crippen LogP contribution >= 0.6 is 11.3 Å². The van der Waals surface area contributed by atoms with Crippen LogP contribution in [-0.4, -0.2) is 23.1 Å². The third-order valence-electron chi connectivity index (χ3n) is 3.93. The zero-order valence-corrected chi connectivity index (χ0v) is 14.3. The molecule has 0 saturated carbocycles. The minimum Gasteiger partial charge on any atom is -0.482 e. The van der Waals surface area contributed by atoms with Crippen molar-refractivity contribution in [3.63, 3.8) is 0 Å². The molecule has 1 aliphatic heterocycles. The standard InChI is InChI=1S/C19H16N2O3S/c1-12-17(24-16-5-3-2-4-15(16)23-12)18(22)21-14-8-6-13(7-9-14)19-20-10-11-25-19/h2-12,17H,1H3,(H,21,22)/t12-,17+/m1/s1. The highest BCUT2D eigenvalue weighted by molar-refractivity contribution is 7.13. The SMILES string of the molecule is C[C@H]1Oc2ccccc2O[C@@H]1C(=O)Nc1ccc(-c2nccs2)cc1. The Labute approximate surface area is 149 Å². The second kappa shape index (κ2) is 6.57. The Bertz CT molecular complexity index is 878. The molecule has 0 aliphatic carbocycles. The van der Waals surface area contributed by atoms with E-state index in [1.54, 1.807) is 23.6 Å². The van der Waals surface area contributed by atoms with Gasteiger partial charge >= 0.3 is 0 Å². The summed E-state index contributed by atoms with van der Waals surface area (Å²) in [5.74, 6) is 1.01. The number of fused-ring (bicyclic) bond motifs is 1. The van der Waals surface area contributed by atoms with Crippen LogP contribution in [0.15, 0.2) is 60.1 Å². The van der Waals surface area contributed by atoms with E-state index >= 15 is 0 Å². The van der Waals surface area contributed by atoms with Crippen molar-refractivity contribution in [1.82, 2.24) is 4.98 Å². The third kappa shape index (κ3) is 3.21. The molecule has 2 aromatic carbocycles. The highest BCUT2D eigenvalue weighted by Crippen LogP contribution is 2.33. The van der Waals surface area contributed by atoms with Gasteiger partial charge in [0.25, 0.3) is 5.91 Å². The first-order valence-electron chi connectivity index (χ1n) is 7.94. The smallest absolute Gasteiger partial charge is 0.269 e. The Morgan fingerprint density at radius 2 is 1.80 bits per heavy atom. The molecule has 0 spiro atoms. The molecule has 0 unspecified atom stereocenters. The largest absolute Gasteiger partial charge is 0.482 e. The number of ether oxygens (including phenoxy) is 2. The molecule has 2 heterocycles. The minimum absolute atomic E-state index is 0.232. The number of benzene rings is 2. The van der Waals surface area contributed by atoms with E-state index in [9.17, 15) is 4.79 Å². The number of anilines is 1. The van der Waals surface area contributed by atoms with Gasteiger partial charge in [0, 0.05) is 22.8 Å². The lowest BCUT2D eigenvalue weighted by Gasteiger charge is -2.31. The van der Waals surface area contributed by atoms with Gasteiger partial charge in [-0.25, -0.2) is 4.98 Å². The molecule has 0 bridgehead atoms. The number of nitrogens with one attached hydrogen (secondary N) is 1. The number of amides is 1. The number of rotatable bonds is 3. The molecule has 2 atom stereocenters. The molecule has 126 valence electrons. The van der Waals surface area contributed by atoms with Crippen LogP contribution < -0.4 is 14.8 Å². The van der Waals surface area contributed by atoms with Gasteiger partial charge in [-0.1, -0.05) is 12.1 Å². The number of carbonyl (C=O) groups is 1. The number of hydrogen-bond acceptors (Lipinski definition) is 5. The maximum Gasteiger partial charge on any atom is 0.269 e. The zero-order valence-electron chi connectivity index (χ0n) is 13.5. The summed E-state index contributed by atoms with van der Waals surface area (Å²) < 4.78 is 11.6. The molecular weight excluding hydrogens is 336 g/mol. The molecule has 1 aliphatic rings. The summed E-state index contributed by atoms with van der Waals surface area (Å²) in [6, 6.07) is 14.9. The van der Waals surface area contributed by atoms with Crippen molar-refractivity contribution in [2.75, 3.05) is 5.32 Å². The molecule has 4 rings (SSSR count). The molecule has 0 radical (unpaired) electrons. The Balaban J connectivity index is 1.47. The lowest BCUT2D eigenvalue weighted by Crippen LogP contribution is -2.46. The second-order valence-electron chi connectivity index (χ2n) is 5.71. The third-order valence-corrected chi connectivity index (χ3v) is 4.75. The van der Waals surface area contributed by atoms with E-state index in [-0.39, 0.29) is 12.0 Å². The lowest BCUT2D eigenvalue weighted by molar-refractivity contribution is -0.128. The highest BCUT2D eigenvalue weighted by Gasteiger charge is 2.34. The predicted octanol–water partition coefficient (Wildman–Crippen LogP) is 3.98. The van der Waals surface area contributed by atoms with Gasteiger partial charge in [-0.05, 0) is 43.3 Å². The van der Waals surface area contributed by atoms with Crippen molar-refractivity contribution in [3.8, 4) is 22.1 Å². The average Bonchev–Trinajstić information content (AvgIpc) is 3.16. The van der Waals surface area contributed by atoms with E-state index < -0.39 is 6.10 Å². The fraction of sp³-hybridized carbons (Fsp3) is 0.158.